The van der Waals surface area contributed by atoms with E-state index in [0.717, 1.165) is 5.39 Å². The highest BCUT2D eigenvalue weighted by atomic mass is 16.7. The van der Waals surface area contributed by atoms with Crippen molar-refractivity contribution in [1.82, 2.24) is 4.57 Å². The lowest BCUT2D eigenvalue weighted by atomic mass is 10.2. The Morgan fingerprint density at radius 3 is 2.67 bits per heavy atom. The molecule has 6 nitrogen and oxygen atoms in total. The van der Waals surface area contributed by atoms with Crippen LogP contribution in [-0.2, 0) is 0 Å². The molecule has 0 bridgehead atoms. The zero-order chi connectivity index (χ0) is 16.7. The second-order valence-corrected chi connectivity index (χ2v) is 5.32. The number of hydrogen-bond acceptors (Lipinski definition) is 5. The summed E-state index contributed by atoms with van der Waals surface area (Å²) in [5, 5.41) is 0.840. The predicted octanol–water partition coefficient (Wildman–Crippen LogP) is 3.08. The van der Waals surface area contributed by atoms with E-state index < -0.39 is 0 Å². The van der Waals surface area contributed by atoms with Crippen LogP contribution >= 0.6 is 0 Å². The Bertz CT molecular complexity index is 944. The predicted molar refractivity (Wildman–Crippen MR) is 87.3 cm³/mol. The van der Waals surface area contributed by atoms with Crippen molar-refractivity contribution in [2.75, 3.05) is 21.0 Å². The quantitative estimate of drug-likeness (QED) is 0.741. The number of fused-ring (bicyclic) bond motifs is 2. The number of aromatic nitrogens is 1. The maximum atomic E-state index is 12.9. The molecule has 2 heterocycles. The van der Waals surface area contributed by atoms with Crippen LogP contribution in [0.2, 0.25) is 0 Å². The van der Waals surface area contributed by atoms with Crippen LogP contribution in [-0.4, -0.2) is 31.5 Å². The maximum Gasteiger partial charge on any atom is 0.262 e. The normalized spacial score (nSPS) is 12.4. The monoisotopic (exact) mass is 325 g/mol. The Morgan fingerprint density at radius 1 is 1.04 bits per heavy atom. The van der Waals surface area contributed by atoms with Gasteiger partial charge in [-0.2, -0.15) is 0 Å². The van der Waals surface area contributed by atoms with Gasteiger partial charge in [-0.1, -0.05) is 0 Å². The summed E-state index contributed by atoms with van der Waals surface area (Å²) in [5.41, 5.74) is 1.23. The number of carbonyl (C=O) groups is 1. The van der Waals surface area contributed by atoms with Crippen molar-refractivity contribution in [1.29, 1.82) is 0 Å². The van der Waals surface area contributed by atoms with E-state index in [2.05, 4.69) is 0 Å². The Balaban J connectivity index is 1.82. The van der Waals surface area contributed by atoms with Crippen LogP contribution in [0, 0.1) is 0 Å². The fourth-order valence-electron chi connectivity index (χ4n) is 2.82. The summed E-state index contributed by atoms with van der Waals surface area (Å²) in [5.74, 6) is 2.33. The largest absolute Gasteiger partial charge is 0.497 e. The molecular formula is C18H15NO5. The Hall–Kier alpha value is -3.15. The van der Waals surface area contributed by atoms with E-state index in [4.69, 9.17) is 18.9 Å². The number of benzene rings is 2. The molecule has 0 radical (unpaired) electrons. The highest BCUT2D eigenvalue weighted by Crippen LogP contribution is 2.34. The minimum absolute atomic E-state index is 0.168. The summed E-state index contributed by atoms with van der Waals surface area (Å²) < 4.78 is 22.9. The van der Waals surface area contributed by atoms with Crippen molar-refractivity contribution >= 4 is 16.8 Å². The number of rotatable bonds is 3. The maximum absolute atomic E-state index is 12.9. The first-order valence-electron chi connectivity index (χ1n) is 7.38. The summed E-state index contributed by atoms with van der Waals surface area (Å²) >= 11 is 0. The van der Waals surface area contributed by atoms with E-state index in [-0.39, 0.29) is 12.7 Å². The summed E-state index contributed by atoms with van der Waals surface area (Å²) in [7, 11) is 3.17. The number of carbonyl (C=O) groups excluding carboxylic acids is 1. The van der Waals surface area contributed by atoms with Crippen molar-refractivity contribution in [2.45, 2.75) is 0 Å². The molecule has 1 aliphatic heterocycles. The van der Waals surface area contributed by atoms with E-state index in [0.29, 0.717) is 34.1 Å². The molecule has 0 fully saturated rings. The zero-order valence-electron chi connectivity index (χ0n) is 13.2. The third-order valence-electron chi connectivity index (χ3n) is 4.04. The molecule has 3 aromatic rings. The molecule has 0 unspecified atom stereocenters. The minimum atomic E-state index is -0.168. The van der Waals surface area contributed by atoms with Crippen molar-refractivity contribution in [3.63, 3.8) is 0 Å². The van der Waals surface area contributed by atoms with E-state index >= 15 is 0 Å². The smallest absolute Gasteiger partial charge is 0.262 e. The topological polar surface area (TPSA) is 58.9 Å². The highest BCUT2D eigenvalue weighted by molar-refractivity contribution is 6.04. The van der Waals surface area contributed by atoms with E-state index in [1.165, 1.54) is 0 Å². The number of nitrogens with zero attached hydrogens (tertiary/aromatic N) is 1. The van der Waals surface area contributed by atoms with Gasteiger partial charge in [-0.15, -0.1) is 0 Å². The Morgan fingerprint density at radius 2 is 1.88 bits per heavy atom. The van der Waals surface area contributed by atoms with E-state index in [9.17, 15) is 4.79 Å². The first-order chi connectivity index (χ1) is 11.7. The molecule has 4 rings (SSSR count). The van der Waals surface area contributed by atoms with Crippen molar-refractivity contribution in [2.24, 2.45) is 0 Å². The van der Waals surface area contributed by atoms with Gasteiger partial charge in [0.05, 0.1) is 19.7 Å². The van der Waals surface area contributed by atoms with Crippen molar-refractivity contribution < 1.29 is 23.7 Å². The zero-order valence-corrected chi connectivity index (χ0v) is 13.2. The Kier molecular flexibility index (Phi) is 3.30. The van der Waals surface area contributed by atoms with Crippen LogP contribution in [0.5, 0.6) is 23.0 Å². The van der Waals surface area contributed by atoms with Gasteiger partial charge < -0.3 is 18.9 Å². The standard InChI is InChI=1S/C18H15NO5/c1-21-12-8-14-13(16(9-12)22-2)5-6-19(14)18(20)11-3-4-15-17(7-11)24-10-23-15/h3-9H,10H2,1-2H3. The lowest BCUT2D eigenvalue weighted by molar-refractivity contribution is 0.0964. The average Bonchev–Trinajstić information content (AvgIpc) is 3.25. The fourth-order valence-corrected chi connectivity index (χ4v) is 2.82. The molecule has 6 heteroatoms. The lowest BCUT2D eigenvalue weighted by Crippen LogP contribution is -2.10. The molecule has 24 heavy (non-hydrogen) atoms. The number of methoxy groups -OCH3 is 2. The molecule has 0 aliphatic carbocycles. The molecule has 0 amide bonds. The second-order valence-electron chi connectivity index (χ2n) is 5.32. The van der Waals surface area contributed by atoms with Crippen LogP contribution in [0.3, 0.4) is 0 Å². The summed E-state index contributed by atoms with van der Waals surface area (Å²) in [4.78, 5) is 12.9. The molecule has 1 aromatic heterocycles. The van der Waals surface area contributed by atoms with Crippen LogP contribution < -0.4 is 18.9 Å². The van der Waals surface area contributed by atoms with Gasteiger partial charge in [0.1, 0.15) is 11.5 Å². The van der Waals surface area contributed by atoms with Gasteiger partial charge in [-0.25, -0.2) is 0 Å². The SMILES string of the molecule is COc1cc(OC)c2ccn(C(=O)c3ccc4c(c3)OCO4)c2c1. The molecule has 0 saturated heterocycles. The van der Waals surface area contributed by atoms with Crippen LogP contribution in [0.4, 0.5) is 0 Å². The van der Waals surface area contributed by atoms with E-state index in [1.54, 1.807) is 49.2 Å². The summed E-state index contributed by atoms with van der Waals surface area (Å²) in [6.07, 6.45) is 1.72. The van der Waals surface area contributed by atoms with Gasteiger partial charge in [-0.05, 0) is 24.3 Å². The molecule has 122 valence electrons. The molecule has 0 N–H and O–H groups in total. The number of ether oxygens (including phenoxy) is 4. The van der Waals surface area contributed by atoms with Crippen LogP contribution in [0.15, 0.2) is 42.6 Å². The van der Waals surface area contributed by atoms with Gasteiger partial charge >= 0.3 is 0 Å². The van der Waals surface area contributed by atoms with Crippen molar-refractivity contribution in [3.05, 3.63) is 48.2 Å². The number of hydrogen-bond donors (Lipinski definition) is 0. The molecule has 0 spiro atoms. The molecule has 2 aromatic carbocycles. The molecule has 0 atom stereocenters. The highest BCUT2D eigenvalue weighted by Gasteiger charge is 2.19. The van der Waals surface area contributed by atoms with Gasteiger partial charge in [0.15, 0.2) is 11.5 Å². The van der Waals surface area contributed by atoms with E-state index in [1.807, 2.05) is 12.1 Å². The summed E-state index contributed by atoms with van der Waals surface area (Å²) in [6, 6.07) is 10.6. The lowest BCUT2D eigenvalue weighted by Gasteiger charge is -2.09. The molecular weight excluding hydrogens is 310 g/mol. The van der Waals surface area contributed by atoms with Gasteiger partial charge in [0.2, 0.25) is 6.79 Å². The second kappa shape index (κ2) is 5.49. The first-order valence-corrected chi connectivity index (χ1v) is 7.38. The molecule has 0 saturated carbocycles. The first kappa shape index (κ1) is 14.4. The average molecular weight is 325 g/mol. The van der Waals surface area contributed by atoms with Crippen molar-refractivity contribution in [3.8, 4) is 23.0 Å². The van der Waals surface area contributed by atoms with Crippen LogP contribution in [0.1, 0.15) is 10.4 Å². The van der Waals surface area contributed by atoms with Crippen LogP contribution in [0.25, 0.3) is 10.9 Å². The minimum Gasteiger partial charge on any atom is -0.497 e. The molecule has 1 aliphatic rings. The summed E-state index contributed by atoms with van der Waals surface area (Å²) in [6.45, 7) is 0.174. The third kappa shape index (κ3) is 2.15. The van der Waals surface area contributed by atoms with Gasteiger partial charge in [0, 0.05) is 29.3 Å². The Labute approximate surface area is 138 Å². The fraction of sp³-hybridized carbons (Fsp3) is 0.167. The van der Waals surface area contributed by atoms with Gasteiger partial charge in [-0.3, -0.25) is 9.36 Å². The third-order valence-corrected chi connectivity index (χ3v) is 4.04. The van der Waals surface area contributed by atoms with Gasteiger partial charge in [0.25, 0.3) is 5.91 Å².